The van der Waals surface area contributed by atoms with Crippen molar-refractivity contribution in [3.63, 3.8) is 0 Å². The number of para-hydroxylation sites is 1. The Morgan fingerprint density at radius 1 is 1.42 bits per heavy atom. The van der Waals surface area contributed by atoms with Crippen molar-refractivity contribution >= 4 is 16.9 Å². The maximum absolute atomic E-state index is 11.3. The van der Waals surface area contributed by atoms with E-state index < -0.39 is 5.97 Å². The van der Waals surface area contributed by atoms with E-state index in [4.69, 9.17) is 0 Å². The third-order valence-electron chi connectivity index (χ3n) is 3.24. The molecule has 2 N–H and O–H groups in total. The molecule has 0 bridgehead atoms. The summed E-state index contributed by atoms with van der Waals surface area (Å²) >= 11 is 0. The van der Waals surface area contributed by atoms with Gasteiger partial charge in [0, 0.05) is 30.2 Å². The highest BCUT2D eigenvalue weighted by molar-refractivity contribution is 6.02. The third-order valence-corrected chi connectivity index (χ3v) is 3.24. The fourth-order valence-corrected chi connectivity index (χ4v) is 2.37. The number of carboxylic acids is 1. The summed E-state index contributed by atoms with van der Waals surface area (Å²) in [5.74, 6) is -0.873. The van der Waals surface area contributed by atoms with Crippen molar-refractivity contribution in [2.45, 2.75) is 39.9 Å². The molecule has 2 aromatic rings. The number of aromatic carboxylic acids is 1. The molecule has 19 heavy (non-hydrogen) atoms. The van der Waals surface area contributed by atoms with Crippen LogP contribution in [0.25, 0.3) is 10.9 Å². The summed E-state index contributed by atoms with van der Waals surface area (Å²) in [5, 5.41) is 13.7. The first kappa shape index (κ1) is 13.6. The molecule has 0 saturated carbocycles. The van der Waals surface area contributed by atoms with Crippen LogP contribution < -0.4 is 5.32 Å². The van der Waals surface area contributed by atoms with Crippen LogP contribution in [-0.4, -0.2) is 21.7 Å². The predicted molar refractivity (Wildman–Crippen MR) is 76.5 cm³/mol. The van der Waals surface area contributed by atoms with Gasteiger partial charge in [-0.15, -0.1) is 0 Å². The van der Waals surface area contributed by atoms with Crippen molar-refractivity contribution in [2.75, 3.05) is 0 Å². The molecule has 102 valence electrons. The second-order valence-electron chi connectivity index (χ2n) is 4.96. The van der Waals surface area contributed by atoms with Crippen LogP contribution in [0.15, 0.2) is 24.3 Å². The first-order valence-electron chi connectivity index (χ1n) is 6.62. The molecule has 2 rings (SSSR count). The van der Waals surface area contributed by atoms with E-state index in [1.54, 1.807) is 12.1 Å². The van der Waals surface area contributed by atoms with Crippen molar-refractivity contribution in [1.29, 1.82) is 0 Å². The molecule has 0 aliphatic heterocycles. The Balaban J connectivity index is 2.55. The molecule has 1 aromatic carbocycles. The summed E-state index contributed by atoms with van der Waals surface area (Å²) in [7, 11) is 0. The lowest BCUT2D eigenvalue weighted by Crippen LogP contribution is -2.23. The number of aromatic nitrogens is 1. The summed E-state index contributed by atoms with van der Waals surface area (Å²) in [4.78, 5) is 11.3. The number of nitrogens with zero attached hydrogens (tertiary/aromatic N) is 1. The van der Waals surface area contributed by atoms with Crippen molar-refractivity contribution in [3.05, 3.63) is 35.5 Å². The molecular weight excluding hydrogens is 240 g/mol. The predicted octanol–water partition coefficient (Wildman–Crippen LogP) is 2.86. The maximum atomic E-state index is 11.3. The van der Waals surface area contributed by atoms with Crippen molar-refractivity contribution < 1.29 is 9.90 Å². The second-order valence-corrected chi connectivity index (χ2v) is 4.96. The number of fused-ring (bicyclic) bond motifs is 1. The van der Waals surface area contributed by atoms with Gasteiger partial charge >= 0.3 is 5.97 Å². The lowest BCUT2D eigenvalue weighted by atomic mass is 10.1. The lowest BCUT2D eigenvalue weighted by Gasteiger charge is -2.12. The number of nitrogens with one attached hydrogen (secondary N) is 1. The van der Waals surface area contributed by atoms with Gasteiger partial charge in [-0.1, -0.05) is 26.0 Å². The highest BCUT2D eigenvalue weighted by Gasteiger charge is 2.15. The van der Waals surface area contributed by atoms with Crippen LogP contribution in [0, 0.1) is 0 Å². The van der Waals surface area contributed by atoms with E-state index >= 15 is 0 Å². The zero-order valence-electron chi connectivity index (χ0n) is 11.6. The minimum atomic E-state index is -0.873. The van der Waals surface area contributed by atoms with Crippen LogP contribution in [0.3, 0.4) is 0 Å². The zero-order chi connectivity index (χ0) is 14.0. The molecule has 0 aliphatic carbocycles. The standard InChI is InChI=1S/C15H20N2O2/c1-4-17-12(9-16-10(2)3)8-11-6-5-7-13(14(11)17)15(18)19/h5-8,10,16H,4,9H2,1-3H3,(H,18,19). The van der Waals surface area contributed by atoms with Crippen LogP contribution >= 0.6 is 0 Å². The Morgan fingerprint density at radius 2 is 2.16 bits per heavy atom. The highest BCUT2D eigenvalue weighted by Crippen LogP contribution is 2.24. The van der Waals surface area contributed by atoms with E-state index in [0.717, 1.165) is 29.7 Å². The smallest absolute Gasteiger partial charge is 0.337 e. The monoisotopic (exact) mass is 260 g/mol. The number of aryl methyl sites for hydroxylation is 1. The van der Waals surface area contributed by atoms with Crippen molar-refractivity contribution in [1.82, 2.24) is 9.88 Å². The Bertz CT molecular complexity index is 599. The van der Waals surface area contributed by atoms with Crippen LogP contribution in [-0.2, 0) is 13.1 Å². The SMILES string of the molecule is CCn1c(CNC(C)C)cc2cccc(C(=O)O)c21. The summed E-state index contributed by atoms with van der Waals surface area (Å²) in [6.07, 6.45) is 0. The average molecular weight is 260 g/mol. The normalized spacial score (nSPS) is 11.4. The summed E-state index contributed by atoms with van der Waals surface area (Å²) in [5.41, 5.74) is 2.31. The molecule has 4 nitrogen and oxygen atoms in total. The Kier molecular flexibility index (Phi) is 3.90. The third kappa shape index (κ3) is 2.63. The molecule has 0 fully saturated rings. The van der Waals surface area contributed by atoms with Gasteiger partial charge < -0.3 is 15.0 Å². The number of hydrogen-bond donors (Lipinski definition) is 2. The zero-order valence-corrected chi connectivity index (χ0v) is 11.6. The van der Waals surface area contributed by atoms with Crippen LogP contribution in [0.5, 0.6) is 0 Å². The van der Waals surface area contributed by atoms with E-state index in [2.05, 4.69) is 29.8 Å². The van der Waals surface area contributed by atoms with Gasteiger partial charge in [-0.2, -0.15) is 0 Å². The molecule has 1 heterocycles. The Labute approximate surface area is 113 Å². The number of carboxylic acid groups (broad SMARTS) is 1. The second kappa shape index (κ2) is 5.45. The fourth-order valence-electron chi connectivity index (χ4n) is 2.37. The Morgan fingerprint density at radius 3 is 2.74 bits per heavy atom. The minimum Gasteiger partial charge on any atom is -0.478 e. The van der Waals surface area contributed by atoms with E-state index in [0.29, 0.717) is 11.6 Å². The highest BCUT2D eigenvalue weighted by atomic mass is 16.4. The van der Waals surface area contributed by atoms with Gasteiger partial charge in [0.05, 0.1) is 11.1 Å². The fraction of sp³-hybridized carbons (Fsp3) is 0.400. The van der Waals surface area contributed by atoms with E-state index in [9.17, 15) is 9.90 Å². The maximum Gasteiger partial charge on any atom is 0.337 e. The number of hydrogen-bond acceptors (Lipinski definition) is 2. The molecule has 0 radical (unpaired) electrons. The summed E-state index contributed by atoms with van der Waals surface area (Å²) < 4.78 is 2.08. The molecule has 4 heteroatoms. The van der Waals surface area contributed by atoms with Gasteiger partial charge in [-0.3, -0.25) is 0 Å². The molecule has 0 atom stereocenters. The Hall–Kier alpha value is -1.81. The first-order valence-corrected chi connectivity index (χ1v) is 6.62. The van der Waals surface area contributed by atoms with Crippen molar-refractivity contribution in [2.24, 2.45) is 0 Å². The van der Waals surface area contributed by atoms with Gasteiger partial charge in [0.1, 0.15) is 0 Å². The van der Waals surface area contributed by atoms with Gasteiger partial charge in [-0.05, 0) is 19.1 Å². The van der Waals surface area contributed by atoms with E-state index in [1.807, 2.05) is 13.0 Å². The van der Waals surface area contributed by atoms with Gasteiger partial charge in [0.25, 0.3) is 0 Å². The summed E-state index contributed by atoms with van der Waals surface area (Å²) in [6, 6.07) is 7.90. The van der Waals surface area contributed by atoms with Crippen LogP contribution in [0.4, 0.5) is 0 Å². The van der Waals surface area contributed by atoms with Gasteiger partial charge in [0.2, 0.25) is 0 Å². The van der Waals surface area contributed by atoms with Crippen LogP contribution in [0.1, 0.15) is 36.8 Å². The molecule has 1 aromatic heterocycles. The topological polar surface area (TPSA) is 54.3 Å². The molecule has 0 unspecified atom stereocenters. The molecule has 0 saturated heterocycles. The van der Waals surface area contributed by atoms with Gasteiger partial charge in [-0.25, -0.2) is 4.79 Å². The molecular formula is C15H20N2O2. The number of benzene rings is 1. The lowest BCUT2D eigenvalue weighted by molar-refractivity contribution is 0.0698. The van der Waals surface area contributed by atoms with Gasteiger partial charge in [0.15, 0.2) is 0 Å². The first-order chi connectivity index (χ1) is 9.04. The van der Waals surface area contributed by atoms with E-state index in [-0.39, 0.29) is 0 Å². The molecule has 0 spiro atoms. The quantitative estimate of drug-likeness (QED) is 0.869. The summed E-state index contributed by atoms with van der Waals surface area (Å²) in [6.45, 7) is 7.75. The molecule has 0 amide bonds. The van der Waals surface area contributed by atoms with E-state index in [1.165, 1.54) is 0 Å². The van der Waals surface area contributed by atoms with Crippen LogP contribution in [0.2, 0.25) is 0 Å². The number of carbonyl (C=O) groups is 1. The van der Waals surface area contributed by atoms with Crippen molar-refractivity contribution in [3.8, 4) is 0 Å². The number of rotatable bonds is 5. The largest absolute Gasteiger partial charge is 0.478 e. The molecule has 0 aliphatic rings. The average Bonchev–Trinajstić information content (AvgIpc) is 2.73. The minimum absolute atomic E-state index is 0.371.